The van der Waals surface area contributed by atoms with E-state index in [-0.39, 0.29) is 11.7 Å². The van der Waals surface area contributed by atoms with Crippen molar-refractivity contribution in [2.45, 2.75) is 12.7 Å². The molecule has 0 saturated heterocycles. The number of rotatable bonds is 5. The first-order valence-corrected chi connectivity index (χ1v) is 8.12. The molecule has 0 unspecified atom stereocenters. The Kier molecular flexibility index (Phi) is 5.53. The van der Waals surface area contributed by atoms with Gasteiger partial charge in [0, 0.05) is 17.8 Å². The second-order valence-corrected chi connectivity index (χ2v) is 5.81. The summed E-state index contributed by atoms with van der Waals surface area (Å²) in [6, 6.07) is 14.0. The van der Waals surface area contributed by atoms with E-state index >= 15 is 0 Å². The number of benzene rings is 2. The molecular weight excluding hydrogens is 376 g/mol. The second-order valence-electron chi connectivity index (χ2n) is 5.81. The van der Waals surface area contributed by atoms with Crippen molar-refractivity contribution in [3.05, 3.63) is 83.3 Å². The third-order valence-corrected chi connectivity index (χ3v) is 3.75. The van der Waals surface area contributed by atoms with Gasteiger partial charge in [-0.2, -0.15) is 13.2 Å². The Hall–Kier alpha value is -3.49. The lowest BCUT2D eigenvalue weighted by atomic mass is 10.1. The van der Waals surface area contributed by atoms with Gasteiger partial charge in [-0.1, -0.05) is 12.1 Å². The molecule has 3 aromatic rings. The molecule has 0 aliphatic carbocycles. The van der Waals surface area contributed by atoms with Gasteiger partial charge in [0.1, 0.15) is 11.6 Å². The number of nitrogens with one attached hydrogen (secondary N) is 2. The van der Waals surface area contributed by atoms with Crippen LogP contribution in [0.15, 0.2) is 60.7 Å². The number of hydrogen-bond acceptors (Lipinski definition) is 4. The fourth-order valence-corrected chi connectivity index (χ4v) is 2.28. The van der Waals surface area contributed by atoms with Crippen LogP contribution in [0.25, 0.3) is 0 Å². The van der Waals surface area contributed by atoms with E-state index in [1.54, 1.807) is 24.3 Å². The van der Waals surface area contributed by atoms with Gasteiger partial charge in [-0.15, -0.1) is 10.2 Å². The van der Waals surface area contributed by atoms with E-state index in [2.05, 4.69) is 20.8 Å². The lowest BCUT2D eigenvalue weighted by molar-refractivity contribution is -0.141. The molecule has 1 heterocycles. The van der Waals surface area contributed by atoms with E-state index in [4.69, 9.17) is 0 Å². The van der Waals surface area contributed by atoms with Gasteiger partial charge in [-0.05, 0) is 54.1 Å². The first-order valence-electron chi connectivity index (χ1n) is 8.12. The molecule has 2 aromatic carbocycles. The van der Waals surface area contributed by atoms with Gasteiger partial charge in [-0.25, -0.2) is 4.39 Å². The van der Waals surface area contributed by atoms with Gasteiger partial charge in [-0.3, -0.25) is 4.79 Å². The Morgan fingerprint density at radius 3 is 2.14 bits per heavy atom. The average molecular weight is 390 g/mol. The van der Waals surface area contributed by atoms with Crippen molar-refractivity contribution in [1.82, 2.24) is 10.2 Å². The first kappa shape index (κ1) is 19.3. The lowest BCUT2D eigenvalue weighted by Crippen LogP contribution is -2.12. The van der Waals surface area contributed by atoms with Crippen LogP contribution >= 0.6 is 0 Å². The number of nitrogens with zero attached hydrogens (tertiary/aromatic N) is 2. The monoisotopic (exact) mass is 390 g/mol. The van der Waals surface area contributed by atoms with E-state index in [0.29, 0.717) is 17.8 Å². The molecule has 0 bridgehead atoms. The zero-order valence-corrected chi connectivity index (χ0v) is 14.3. The summed E-state index contributed by atoms with van der Waals surface area (Å²) in [5.41, 5.74) is 0.606. The summed E-state index contributed by atoms with van der Waals surface area (Å²) >= 11 is 0. The van der Waals surface area contributed by atoms with E-state index in [9.17, 15) is 22.4 Å². The van der Waals surface area contributed by atoms with Gasteiger partial charge in [0.25, 0.3) is 5.91 Å². The minimum absolute atomic E-state index is 0.200. The molecule has 1 aromatic heterocycles. The Bertz CT molecular complexity index is 940. The Morgan fingerprint density at radius 1 is 0.893 bits per heavy atom. The molecule has 0 aliphatic rings. The lowest BCUT2D eigenvalue weighted by Gasteiger charge is -2.09. The number of anilines is 2. The number of aromatic nitrogens is 2. The van der Waals surface area contributed by atoms with E-state index in [1.807, 2.05) is 0 Å². The van der Waals surface area contributed by atoms with Crippen LogP contribution in [-0.4, -0.2) is 16.1 Å². The summed E-state index contributed by atoms with van der Waals surface area (Å²) in [6.45, 7) is 0.292. The Balaban J connectivity index is 1.56. The fourth-order valence-electron chi connectivity index (χ4n) is 2.28. The quantitative estimate of drug-likeness (QED) is 0.630. The number of hydrogen-bond donors (Lipinski definition) is 2. The maximum absolute atomic E-state index is 12.9. The van der Waals surface area contributed by atoms with Crippen LogP contribution < -0.4 is 10.6 Å². The maximum Gasteiger partial charge on any atom is 0.435 e. The number of alkyl halides is 3. The minimum Gasteiger partial charge on any atom is -0.365 e. The summed E-state index contributed by atoms with van der Waals surface area (Å²) in [5.74, 6) is -0.543. The molecule has 0 atom stereocenters. The normalized spacial score (nSPS) is 11.1. The van der Waals surface area contributed by atoms with E-state index < -0.39 is 17.7 Å². The molecule has 1 amide bonds. The highest BCUT2D eigenvalue weighted by Crippen LogP contribution is 2.27. The van der Waals surface area contributed by atoms with Gasteiger partial charge >= 0.3 is 6.18 Å². The summed E-state index contributed by atoms with van der Waals surface area (Å²) in [4.78, 5) is 12.2. The Labute approximate surface area is 157 Å². The van der Waals surface area contributed by atoms with Gasteiger partial charge in [0.05, 0.1) is 0 Å². The van der Waals surface area contributed by atoms with E-state index in [0.717, 1.165) is 11.6 Å². The van der Waals surface area contributed by atoms with Crippen molar-refractivity contribution in [3.63, 3.8) is 0 Å². The third kappa shape index (κ3) is 5.03. The minimum atomic E-state index is -4.53. The van der Waals surface area contributed by atoms with E-state index in [1.165, 1.54) is 30.3 Å². The summed E-state index contributed by atoms with van der Waals surface area (Å²) in [7, 11) is 0. The highest BCUT2D eigenvalue weighted by atomic mass is 19.4. The van der Waals surface area contributed by atoms with Crippen LogP contribution in [0.5, 0.6) is 0 Å². The standard InChI is InChI=1S/C19H14F4N4O/c20-14-5-7-15(8-6-14)25-18(28)13-3-1-12(2-4-13)11-24-17-10-9-16(26-27-17)19(21,22)23/h1-10H,11H2,(H,24,27)(H,25,28). The molecule has 3 rings (SSSR count). The van der Waals surface area contributed by atoms with Crippen LogP contribution in [-0.2, 0) is 12.7 Å². The molecule has 0 saturated carbocycles. The van der Waals surface area contributed by atoms with Crippen LogP contribution in [0, 0.1) is 5.82 Å². The van der Waals surface area contributed by atoms with Crippen molar-refractivity contribution >= 4 is 17.4 Å². The maximum atomic E-state index is 12.9. The molecule has 144 valence electrons. The average Bonchev–Trinajstić information content (AvgIpc) is 2.68. The number of halogens is 4. The molecule has 2 N–H and O–H groups in total. The molecule has 0 radical (unpaired) electrons. The first-order chi connectivity index (χ1) is 13.3. The zero-order chi connectivity index (χ0) is 20.1. The third-order valence-electron chi connectivity index (χ3n) is 3.75. The fraction of sp³-hybridized carbons (Fsp3) is 0.105. The smallest absolute Gasteiger partial charge is 0.365 e. The van der Waals surface area contributed by atoms with Crippen molar-refractivity contribution in [2.24, 2.45) is 0 Å². The van der Waals surface area contributed by atoms with Crippen LogP contribution in [0.2, 0.25) is 0 Å². The topological polar surface area (TPSA) is 66.9 Å². The summed E-state index contributed by atoms with van der Waals surface area (Å²) in [5, 5.41) is 12.1. The molecule has 5 nitrogen and oxygen atoms in total. The van der Waals surface area contributed by atoms with Crippen molar-refractivity contribution < 1.29 is 22.4 Å². The largest absolute Gasteiger partial charge is 0.435 e. The van der Waals surface area contributed by atoms with Crippen molar-refractivity contribution in [1.29, 1.82) is 0 Å². The highest BCUT2D eigenvalue weighted by molar-refractivity contribution is 6.04. The molecule has 28 heavy (non-hydrogen) atoms. The van der Waals surface area contributed by atoms with Crippen molar-refractivity contribution in [2.75, 3.05) is 10.6 Å². The van der Waals surface area contributed by atoms with Crippen LogP contribution in [0.1, 0.15) is 21.6 Å². The predicted molar refractivity (Wildman–Crippen MR) is 95.2 cm³/mol. The van der Waals surface area contributed by atoms with Crippen LogP contribution in [0.3, 0.4) is 0 Å². The van der Waals surface area contributed by atoms with Gasteiger partial charge in [0.2, 0.25) is 0 Å². The predicted octanol–water partition coefficient (Wildman–Crippen LogP) is 4.50. The summed E-state index contributed by atoms with van der Waals surface area (Å²) in [6.07, 6.45) is -4.53. The molecule has 0 aliphatic heterocycles. The van der Waals surface area contributed by atoms with Crippen LogP contribution in [0.4, 0.5) is 29.1 Å². The zero-order valence-electron chi connectivity index (χ0n) is 14.3. The van der Waals surface area contributed by atoms with Crippen molar-refractivity contribution in [3.8, 4) is 0 Å². The van der Waals surface area contributed by atoms with Gasteiger partial charge < -0.3 is 10.6 Å². The Morgan fingerprint density at radius 2 is 1.57 bits per heavy atom. The highest BCUT2D eigenvalue weighted by Gasteiger charge is 2.32. The number of carbonyl (C=O) groups excluding carboxylic acids is 1. The molecule has 0 spiro atoms. The number of amides is 1. The number of carbonyl (C=O) groups is 1. The molecule has 0 fully saturated rings. The SMILES string of the molecule is O=C(Nc1ccc(F)cc1)c1ccc(CNc2ccc(C(F)(F)F)nn2)cc1. The molecular formula is C19H14F4N4O. The molecule has 9 heteroatoms. The van der Waals surface area contributed by atoms with Gasteiger partial charge in [0.15, 0.2) is 5.69 Å². The second kappa shape index (κ2) is 8.03. The summed E-state index contributed by atoms with van der Waals surface area (Å²) < 4.78 is 50.3.